The SMILES string of the molecule is CN1CC2CC1CN2c1nc2ccccc2n1C(=O)NCCOc1ccccc1. The van der Waals surface area contributed by atoms with Crippen LogP contribution in [0.3, 0.4) is 0 Å². The van der Waals surface area contributed by atoms with Crippen molar-refractivity contribution in [2.24, 2.45) is 0 Å². The highest BCUT2D eigenvalue weighted by Crippen LogP contribution is 2.34. The number of piperazine rings is 1. The fraction of sp³-hybridized carbons (Fsp3) is 0.364. The zero-order chi connectivity index (χ0) is 19.8. The first-order valence-electron chi connectivity index (χ1n) is 10.1. The Bertz CT molecular complexity index is 1020. The fourth-order valence-electron chi connectivity index (χ4n) is 4.44. The van der Waals surface area contributed by atoms with E-state index in [2.05, 4.69) is 22.2 Å². The van der Waals surface area contributed by atoms with E-state index < -0.39 is 0 Å². The summed E-state index contributed by atoms with van der Waals surface area (Å²) in [5.74, 6) is 1.54. The number of nitrogens with one attached hydrogen (secondary N) is 1. The standard InChI is InChI=1S/C22H25N5O2/c1-25-14-17-13-16(25)15-26(17)21-24-19-9-5-6-10-20(19)27(21)22(28)23-11-12-29-18-7-3-2-4-8-18/h2-10,16-17H,11-15H2,1H3,(H,23,28). The monoisotopic (exact) mass is 391 g/mol. The summed E-state index contributed by atoms with van der Waals surface area (Å²) in [6.07, 6.45) is 1.13. The predicted molar refractivity (Wildman–Crippen MR) is 113 cm³/mol. The van der Waals surface area contributed by atoms with Crippen LogP contribution in [0.5, 0.6) is 5.75 Å². The van der Waals surface area contributed by atoms with Crippen molar-refractivity contribution in [1.29, 1.82) is 0 Å². The maximum atomic E-state index is 13.1. The number of likely N-dealkylation sites (N-methyl/N-ethyl adjacent to an activating group) is 1. The van der Waals surface area contributed by atoms with Crippen LogP contribution < -0.4 is 15.0 Å². The van der Waals surface area contributed by atoms with Gasteiger partial charge in [0.15, 0.2) is 0 Å². The number of hydrogen-bond acceptors (Lipinski definition) is 5. The van der Waals surface area contributed by atoms with Gasteiger partial charge in [0.25, 0.3) is 0 Å². The Kier molecular flexibility index (Phi) is 4.60. The van der Waals surface area contributed by atoms with Gasteiger partial charge in [-0.15, -0.1) is 0 Å². The van der Waals surface area contributed by atoms with Gasteiger partial charge in [-0.2, -0.15) is 0 Å². The third-order valence-corrected chi connectivity index (χ3v) is 5.91. The highest BCUT2D eigenvalue weighted by atomic mass is 16.5. The fourth-order valence-corrected chi connectivity index (χ4v) is 4.44. The molecule has 0 aliphatic carbocycles. The third kappa shape index (κ3) is 3.31. The molecule has 0 radical (unpaired) electrons. The van der Waals surface area contributed by atoms with E-state index in [9.17, 15) is 4.79 Å². The first kappa shape index (κ1) is 18.0. The molecule has 150 valence electrons. The largest absolute Gasteiger partial charge is 0.492 e. The van der Waals surface area contributed by atoms with E-state index in [1.165, 1.54) is 0 Å². The van der Waals surface area contributed by atoms with Gasteiger partial charge in [-0.3, -0.25) is 4.90 Å². The molecule has 7 heteroatoms. The number of amides is 1. The zero-order valence-electron chi connectivity index (χ0n) is 16.5. The van der Waals surface area contributed by atoms with Gasteiger partial charge in [0, 0.05) is 25.2 Å². The molecule has 2 aliphatic heterocycles. The minimum absolute atomic E-state index is 0.165. The molecule has 0 saturated carbocycles. The lowest BCUT2D eigenvalue weighted by Gasteiger charge is -2.32. The van der Waals surface area contributed by atoms with E-state index in [-0.39, 0.29) is 6.03 Å². The van der Waals surface area contributed by atoms with Crippen molar-refractivity contribution in [2.45, 2.75) is 18.5 Å². The first-order chi connectivity index (χ1) is 14.2. The molecule has 1 aromatic heterocycles. The maximum Gasteiger partial charge on any atom is 0.329 e. The Morgan fingerprint density at radius 3 is 2.66 bits per heavy atom. The molecule has 3 heterocycles. The quantitative estimate of drug-likeness (QED) is 0.678. The van der Waals surface area contributed by atoms with Crippen LogP contribution in [0, 0.1) is 0 Å². The number of anilines is 1. The molecule has 29 heavy (non-hydrogen) atoms. The van der Waals surface area contributed by atoms with Crippen LogP contribution in [0.15, 0.2) is 54.6 Å². The highest BCUT2D eigenvalue weighted by molar-refractivity contribution is 5.93. The van der Waals surface area contributed by atoms with E-state index in [0.29, 0.717) is 25.2 Å². The van der Waals surface area contributed by atoms with Crippen molar-refractivity contribution in [3.05, 3.63) is 54.6 Å². The molecule has 5 rings (SSSR count). The van der Waals surface area contributed by atoms with Gasteiger partial charge in [-0.05, 0) is 37.7 Å². The average molecular weight is 391 g/mol. The summed E-state index contributed by atoms with van der Waals surface area (Å²) in [6, 6.07) is 18.2. The number of carbonyl (C=O) groups is 1. The van der Waals surface area contributed by atoms with Crippen molar-refractivity contribution >= 4 is 23.0 Å². The first-order valence-corrected chi connectivity index (χ1v) is 10.1. The molecule has 1 N–H and O–H groups in total. The second-order valence-corrected chi connectivity index (χ2v) is 7.76. The van der Waals surface area contributed by atoms with Crippen molar-refractivity contribution in [2.75, 3.05) is 38.2 Å². The normalized spacial score (nSPS) is 21.1. The minimum Gasteiger partial charge on any atom is -0.492 e. The average Bonchev–Trinajstić information content (AvgIpc) is 3.43. The Balaban J connectivity index is 1.34. The summed E-state index contributed by atoms with van der Waals surface area (Å²) in [5, 5.41) is 2.99. The molecular formula is C22H25N5O2. The molecule has 2 aliphatic rings. The van der Waals surface area contributed by atoms with Crippen molar-refractivity contribution in [3.63, 3.8) is 0 Å². The number of rotatable bonds is 5. The topological polar surface area (TPSA) is 62.6 Å². The Labute approximate surface area is 169 Å². The smallest absolute Gasteiger partial charge is 0.329 e. The van der Waals surface area contributed by atoms with Crippen LogP contribution in [0.4, 0.5) is 10.7 Å². The number of likely N-dealkylation sites (tertiary alicyclic amines) is 1. The van der Waals surface area contributed by atoms with Crippen LogP contribution >= 0.6 is 0 Å². The lowest BCUT2D eigenvalue weighted by Crippen LogP contribution is -2.46. The molecule has 2 unspecified atom stereocenters. The van der Waals surface area contributed by atoms with E-state index in [0.717, 1.165) is 42.2 Å². The summed E-state index contributed by atoms with van der Waals surface area (Å²) in [4.78, 5) is 22.6. The number of carbonyl (C=O) groups excluding carboxylic acids is 1. The van der Waals surface area contributed by atoms with Gasteiger partial charge in [0.05, 0.1) is 17.6 Å². The predicted octanol–water partition coefficient (Wildman–Crippen LogP) is 2.57. The van der Waals surface area contributed by atoms with Crippen molar-refractivity contribution in [1.82, 2.24) is 19.8 Å². The lowest BCUT2D eigenvalue weighted by atomic mass is 10.2. The van der Waals surface area contributed by atoms with Gasteiger partial charge >= 0.3 is 6.03 Å². The van der Waals surface area contributed by atoms with Crippen LogP contribution in [0.25, 0.3) is 11.0 Å². The number of imidazole rings is 1. The summed E-state index contributed by atoms with van der Waals surface area (Å²) in [6.45, 7) is 2.76. The van der Waals surface area contributed by atoms with Gasteiger partial charge in [-0.1, -0.05) is 30.3 Å². The molecule has 0 spiro atoms. The molecule has 1 amide bonds. The van der Waals surface area contributed by atoms with E-state index >= 15 is 0 Å². The molecule has 2 aromatic carbocycles. The van der Waals surface area contributed by atoms with Gasteiger partial charge in [0.2, 0.25) is 5.95 Å². The molecule has 2 bridgehead atoms. The summed E-state index contributed by atoms with van der Waals surface area (Å²) in [5.41, 5.74) is 1.68. The molecule has 7 nitrogen and oxygen atoms in total. The minimum atomic E-state index is -0.165. The summed E-state index contributed by atoms with van der Waals surface area (Å²) >= 11 is 0. The number of fused-ring (bicyclic) bond motifs is 3. The maximum absolute atomic E-state index is 13.1. The number of nitrogens with zero attached hydrogens (tertiary/aromatic N) is 4. The Morgan fingerprint density at radius 1 is 1.10 bits per heavy atom. The molecule has 2 atom stereocenters. The summed E-state index contributed by atoms with van der Waals surface area (Å²) in [7, 11) is 2.17. The van der Waals surface area contributed by atoms with Crippen LogP contribution in [-0.2, 0) is 0 Å². The van der Waals surface area contributed by atoms with Gasteiger partial charge < -0.3 is 15.0 Å². The highest BCUT2D eigenvalue weighted by Gasteiger charge is 2.43. The second-order valence-electron chi connectivity index (χ2n) is 7.76. The van der Waals surface area contributed by atoms with Gasteiger partial charge in [-0.25, -0.2) is 14.3 Å². The Hall–Kier alpha value is -3.06. The summed E-state index contributed by atoms with van der Waals surface area (Å²) < 4.78 is 7.41. The molecule has 3 aromatic rings. The van der Waals surface area contributed by atoms with E-state index in [1.807, 2.05) is 54.6 Å². The number of aromatic nitrogens is 2. The van der Waals surface area contributed by atoms with Crippen LogP contribution in [0.2, 0.25) is 0 Å². The van der Waals surface area contributed by atoms with Crippen molar-refractivity contribution in [3.8, 4) is 5.75 Å². The number of ether oxygens (including phenoxy) is 1. The molecule has 2 fully saturated rings. The number of benzene rings is 2. The van der Waals surface area contributed by atoms with E-state index in [1.54, 1.807) is 4.57 Å². The van der Waals surface area contributed by atoms with Crippen LogP contribution in [0.1, 0.15) is 6.42 Å². The third-order valence-electron chi connectivity index (χ3n) is 5.91. The second kappa shape index (κ2) is 7.40. The number of hydrogen-bond donors (Lipinski definition) is 1. The molecular weight excluding hydrogens is 366 g/mol. The van der Waals surface area contributed by atoms with Crippen molar-refractivity contribution < 1.29 is 9.53 Å². The zero-order valence-corrected chi connectivity index (χ0v) is 16.5. The Morgan fingerprint density at radius 2 is 1.90 bits per heavy atom. The lowest BCUT2D eigenvalue weighted by molar-refractivity contribution is 0.238. The number of para-hydroxylation sites is 3. The van der Waals surface area contributed by atoms with Crippen LogP contribution in [-0.4, -0.2) is 65.9 Å². The van der Waals surface area contributed by atoms with Gasteiger partial charge in [0.1, 0.15) is 12.4 Å². The van der Waals surface area contributed by atoms with E-state index in [4.69, 9.17) is 9.72 Å². The molecule has 2 saturated heterocycles.